The third-order valence-electron chi connectivity index (χ3n) is 3.31. The Bertz CT molecular complexity index is 371. The second-order valence-electron chi connectivity index (χ2n) is 5.41. The zero-order valence-corrected chi connectivity index (χ0v) is 13.3. The second kappa shape index (κ2) is 11.3. The largest absolute Gasteiger partial charge is 0.481 e. The lowest BCUT2D eigenvalue weighted by molar-refractivity contribution is -0.147. The Kier molecular flexibility index (Phi) is 10.5. The Morgan fingerprint density at radius 1 is 1.10 bits per heavy atom. The number of carbonyl (C=O) groups excluding carboxylic acids is 1. The third-order valence-corrected chi connectivity index (χ3v) is 3.31. The van der Waals surface area contributed by atoms with Crippen molar-refractivity contribution < 1.29 is 19.8 Å². The molecule has 0 aromatic heterocycles. The number of aliphatic hydroxyl groups excluding tert-OH is 1. The molecule has 0 rings (SSSR count). The molecule has 3 atom stereocenters. The van der Waals surface area contributed by atoms with Gasteiger partial charge in [0.05, 0.1) is 6.10 Å². The predicted octanol–water partition coefficient (Wildman–Crippen LogP) is 3.36. The van der Waals surface area contributed by atoms with Gasteiger partial charge in [0, 0.05) is 0 Å². The standard InChI is InChI=1S/C17H28O4/c1-4-6-8-10-14(18)12-13(3)16(17(20)21)15(19)11-9-7-5-2/h8-11,13-14,16,18H,4-7,12H2,1-3H3,(H,20,21)/b10-8+,11-9+. The highest BCUT2D eigenvalue weighted by Crippen LogP contribution is 2.20. The minimum atomic E-state index is -1.13. The lowest BCUT2D eigenvalue weighted by atomic mass is 9.85. The molecule has 0 spiro atoms. The minimum Gasteiger partial charge on any atom is -0.481 e. The molecule has 0 heterocycles. The Morgan fingerprint density at radius 3 is 2.19 bits per heavy atom. The van der Waals surface area contributed by atoms with E-state index >= 15 is 0 Å². The van der Waals surface area contributed by atoms with Gasteiger partial charge < -0.3 is 10.2 Å². The van der Waals surface area contributed by atoms with Crippen molar-refractivity contribution >= 4 is 11.8 Å². The lowest BCUT2D eigenvalue weighted by Crippen LogP contribution is -2.30. The number of ketones is 1. The number of hydrogen-bond donors (Lipinski definition) is 2. The lowest BCUT2D eigenvalue weighted by Gasteiger charge is -2.19. The van der Waals surface area contributed by atoms with E-state index in [4.69, 9.17) is 0 Å². The quantitative estimate of drug-likeness (QED) is 0.348. The highest BCUT2D eigenvalue weighted by molar-refractivity contribution is 6.04. The summed E-state index contributed by atoms with van der Waals surface area (Å²) in [6.07, 6.45) is 9.75. The van der Waals surface area contributed by atoms with Crippen molar-refractivity contribution in [1.82, 2.24) is 0 Å². The van der Waals surface area contributed by atoms with Gasteiger partial charge >= 0.3 is 5.97 Å². The summed E-state index contributed by atoms with van der Waals surface area (Å²) in [4.78, 5) is 23.3. The van der Waals surface area contributed by atoms with E-state index in [0.29, 0.717) is 0 Å². The van der Waals surface area contributed by atoms with E-state index in [-0.39, 0.29) is 6.42 Å². The summed E-state index contributed by atoms with van der Waals surface area (Å²) in [5.74, 6) is -3.03. The Hall–Kier alpha value is -1.42. The highest BCUT2D eigenvalue weighted by Gasteiger charge is 2.31. The summed E-state index contributed by atoms with van der Waals surface area (Å²) < 4.78 is 0. The van der Waals surface area contributed by atoms with E-state index in [2.05, 4.69) is 0 Å². The fourth-order valence-corrected chi connectivity index (χ4v) is 2.13. The molecular formula is C17H28O4. The predicted molar refractivity (Wildman–Crippen MR) is 84.0 cm³/mol. The summed E-state index contributed by atoms with van der Waals surface area (Å²) in [6.45, 7) is 5.73. The van der Waals surface area contributed by atoms with Gasteiger partial charge in [-0.25, -0.2) is 0 Å². The van der Waals surface area contributed by atoms with Crippen LogP contribution in [0.2, 0.25) is 0 Å². The van der Waals surface area contributed by atoms with Crippen molar-refractivity contribution in [2.45, 2.75) is 59.0 Å². The van der Waals surface area contributed by atoms with Gasteiger partial charge in [0.15, 0.2) is 5.78 Å². The summed E-state index contributed by atoms with van der Waals surface area (Å²) in [6, 6.07) is 0. The fraction of sp³-hybridized carbons (Fsp3) is 0.647. The Balaban J connectivity index is 4.65. The first-order chi connectivity index (χ1) is 9.93. The molecule has 3 unspecified atom stereocenters. The smallest absolute Gasteiger partial charge is 0.314 e. The molecule has 0 aliphatic rings. The molecule has 0 amide bonds. The Morgan fingerprint density at radius 2 is 1.67 bits per heavy atom. The molecule has 4 heteroatoms. The normalized spacial score (nSPS) is 16.2. The molecule has 4 nitrogen and oxygen atoms in total. The monoisotopic (exact) mass is 296 g/mol. The van der Waals surface area contributed by atoms with Crippen LogP contribution in [0.15, 0.2) is 24.3 Å². The van der Waals surface area contributed by atoms with Crippen LogP contribution in [0, 0.1) is 11.8 Å². The molecule has 0 aromatic carbocycles. The molecule has 120 valence electrons. The summed E-state index contributed by atoms with van der Waals surface area (Å²) in [7, 11) is 0. The van der Waals surface area contributed by atoms with Gasteiger partial charge in [0.2, 0.25) is 0 Å². The third kappa shape index (κ3) is 8.45. The van der Waals surface area contributed by atoms with E-state index in [1.807, 2.05) is 19.9 Å². The van der Waals surface area contributed by atoms with Gasteiger partial charge in [-0.2, -0.15) is 0 Å². The number of aliphatic carboxylic acids is 1. The molecule has 0 aliphatic carbocycles. The number of carboxylic acid groups (broad SMARTS) is 1. The van der Waals surface area contributed by atoms with Crippen molar-refractivity contribution in [3.8, 4) is 0 Å². The first kappa shape index (κ1) is 19.6. The molecule has 0 saturated heterocycles. The van der Waals surface area contributed by atoms with E-state index in [1.165, 1.54) is 6.08 Å². The maximum Gasteiger partial charge on any atom is 0.314 e. The molecule has 0 saturated carbocycles. The number of allylic oxidation sites excluding steroid dienone is 3. The molecular weight excluding hydrogens is 268 g/mol. The van der Waals surface area contributed by atoms with Crippen molar-refractivity contribution in [2.75, 3.05) is 0 Å². The zero-order valence-electron chi connectivity index (χ0n) is 13.3. The van der Waals surface area contributed by atoms with Crippen LogP contribution in [0.4, 0.5) is 0 Å². The van der Waals surface area contributed by atoms with E-state index in [1.54, 1.807) is 19.1 Å². The average Bonchev–Trinajstić information content (AvgIpc) is 2.38. The van der Waals surface area contributed by atoms with Crippen molar-refractivity contribution in [3.63, 3.8) is 0 Å². The van der Waals surface area contributed by atoms with Gasteiger partial charge in [-0.05, 0) is 31.3 Å². The highest BCUT2D eigenvalue weighted by atomic mass is 16.4. The summed E-state index contributed by atoms with van der Waals surface area (Å²) >= 11 is 0. The maximum absolute atomic E-state index is 12.0. The van der Waals surface area contributed by atoms with Crippen LogP contribution < -0.4 is 0 Å². The van der Waals surface area contributed by atoms with E-state index < -0.39 is 29.7 Å². The minimum absolute atomic E-state index is 0.268. The average molecular weight is 296 g/mol. The first-order valence-corrected chi connectivity index (χ1v) is 7.71. The molecule has 21 heavy (non-hydrogen) atoms. The van der Waals surface area contributed by atoms with Crippen molar-refractivity contribution in [3.05, 3.63) is 24.3 Å². The van der Waals surface area contributed by atoms with Gasteiger partial charge in [-0.15, -0.1) is 0 Å². The van der Waals surface area contributed by atoms with Crippen LogP contribution in [0.5, 0.6) is 0 Å². The number of rotatable bonds is 11. The maximum atomic E-state index is 12.0. The number of unbranched alkanes of at least 4 members (excludes halogenated alkanes) is 2. The zero-order chi connectivity index (χ0) is 16.3. The van der Waals surface area contributed by atoms with Crippen LogP contribution in [0.1, 0.15) is 52.9 Å². The number of carboxylic acids is 1. The van der Waals surface area contributed by atoms with Crippen LogP contribution in [0.3, 0.4) is 0 Å². The van der Waals surface area contributed by atoms with Gasteiger partial charge in [-0.3, -0.25) is 9.59 Å². The van der Waals surface area contributed by atoms with E-state index in [9.17, 15) is 19.8 Å². The first-order valence-electron chi connectivity index (χ1n) is 7.71. The molecule has 0 aliphatic heterocycles. The number of hydrogen-bond acceptors (Lipinski definition) is 3. The van der Waals surface area contributed by atoms with Crippen LogP contribution in [-0.4, -0.2) is 28.1 Å². The second-order valence-corrected chi connectivity index (χ2v) is 5.41. The number of aliphatic hydroxyl groups is 1. The summed E-state index contributed by atoms with van der Waals surface area (Å²) in [5.41, 5.74) is 0. The molecule has 0 bridgehead atoms. The molecule has 0 fully saturated rings. The SMILES string of the molecule is CCC/C=C/C(=O)C(C(=O)O)C(C)CC(O)/C=C/CCC. The van der Waals surface area contributed by atoms with Gasteiger partial charge in [0.25, 0.3) is 0 Å². The van der Waals surface area contributed by atoms with Crippen molar-refractivity contribution in [2.24, 2.45) is 11.8 Å². The van der Waals surface area contributed by atoms with Crippen LogP contribution >= 0.6 is 0 Å². The fourth-order valence-electron chi connectivity index (χ4n) is 2.13. The van der Waals surface area contributed by atoms with Crippen LogP contribution in [0.25, 0.3) is 0 Å². The Labute approximate surface area is 127 Å². The molecule has 0 radical (unpaired) electrons. The number of carbonyl (C=O) groups is 2. The van der Waals surface area contributed by atoms with E-state index in [0.717, 1.165) is 25.7 Å². The summed E-state index contributed by atoms with van der Waals surface area (Å²) in [5, 5.41) is 19.1. The van der Waals surface area contributed by atoms with Gasteiger partial charge in [-0.1, -0.05) is 51.8 Å². The molecule has 2 N–H and O–H groups in total. The van der Waals surface area contributed by atoms with Gasteiger partial charge in [0.1, 0.15) is 5.92 Å². The van der Waals surface area contributed by atoms with Crippen molar-refractivity contribution in [1.29, 1.82) is 0 Å². The topological polar surface area (TPSA) is 74.6 Å². The van der Waals surface area contributed by atoms with Crippen LogP contribution in [-0.2, 0) is 9.59 Å². The molecule has 0 aromatic rings.